The molecular formula is C26H32F4. The molecule has 0 N–H and O–H groups in total. The Kier molecular flexibility index (Phi) is 8.03. The summed E-state index contributed by atoms with van der Waals surface area (Å²) in [4.78, 5) is 0. The molecule has 0 aliphatic heterocycles. The highest BCUT2D eigenvalue weighted by Crippen LogP contribution is 2.38. The van der Waals surface area contributed by atoms with Crippen molar-refractivity contribution in [3.8, 4) is 11.8 Å². The Morgan fingerprint density at radius 2 is 1.70 bits per heavy atom. The number of hydrogen-bond acceptors (Lipinski definition) is 0. The summed E-state index contributed by atoms with van der Waals surface area (Å²) < 4.78 is 52.0. The number of alkyl halides is 3. The van der Waals surface area contributed by atoms with E-state index < -0.39 is 17.6 Å². The highest BCUT2D eigenvalue weighted by atomic mass is 19.4. The van der Waals surface area contributed by atoms with E-state index in [2.05, 4.69) is 24.8 Å². The van der Waals surface area contributed by atoms with Crippen LogP contribution in [-0.2, 0) is 6.18 Å². The van der Waals surface area contributed by atoms with Gasteiger partial charge in [0.2, 0.25) is 0 Å². The van der Waals surface area contributed by atoms with Gasteiger partial charge in [0, 0.05) is 5.92 Å². The Bertz CT molecular complexity index is 764. The topological polar surface area (TPSA) is 0 Å². The minimum absolute atomic E-state index is 0.119. The molecule has 2 fully saturated rings. The monoisotopic (exact) mass is 420 g/mol. The lowest BCUT2D eigenvalue weighted by atomic mass is 9.78. The second kappa shape index (κ2) is 10.5. The standard InChI is InChI=1S/C26H32F4/c1-2-5-19-8-10-20(11-9-19)6-3-4-7-21-12-14-22(15-13-21)23-16-17-24(25(27)18-23)26(28,29)30/h3,6,16-22H,2,5,8-15H2,1H3/b6-3+/t19-,20-,21-,22-. The quantitative estimate of drug-likeness (QED) is 0.339. The fourth-order valence-corrected chi connectivity index (χ4v) is 5.01. The van der Waals surface area contributed by atoms with E-state index >= 15 is 0 Å². The van der Waals surface area contributed by atoms with E-state index in [1.807, 2.05) is 6.08 Å². The molecule has 0 nitrogen and oxygen atoms in total. The summed E-state index contributed by atoms with van der Waals surface area (Å²) in [7, 11) is 0. The third-order valence-electron chi connectivity index (χ3n) is 6.82. The van der Waals surface area contributed by atoms with Crippen LogP contribution in [-0.4, -0.2) is 0 Å². The van der Waals surface area contributed by atoms with Crippen LogP contribution >= 0.6 is 0 Å². The summed E-state index contributed by atoms with van der Waals surface area (Å²) >= 11 is 0. The molecule has 0 unspecified atom stereocenters. The van der Waals surface area contributed by atoms with Gasteiger partial charge in [-0.1, -0.05) is 43.7 Å². The number of halogens is 4. The zero-order valence-electron chi connectivity index (χ0n) is 17.8. The van der Waals surface area contributed by atoms with E-state index in [0.29, 0.717) is 17.4 Å². The molecule has 0 amide bonds. The molecule has 0 radical (unpaired) electrons. The second-order valence-corrected chi connectivity index (χ2v) is 9.00. The minimum Gasteiger partial charge on any atom is -0.206 e. The van der Waals surface area contributed by atoms with Crippen LogP contribution in [0.5, 0.6) is 0 Å². The zero-order chi connectivity index (χ0) is 21.6. The van der Waals surface area contributed by atoms with Gasteiger partial charge in [0.15, 0.2) is 0 Å². The Balaban J connectivity index is 1.45. The number of allylic oxidation sites excluding steroid dienone is 2. The van der Waals surface area contributed by atoms with Gasteiger partial charge in [0.25, 0.3) is 0 Å². The van der Waals surface area contributed by atoms with Crippen LogP contribution < -0.4 is 0 Å². The molecule has 0 spiro atoms. The van der Waals surface area contributed by atoms with Gasteiger partial charge in [-0.05, 0) is 92.9 Å². The third kappa shape index (κ3) is 6.37. The van der Waals surface area contributed by atoms with Crippen molar-refractivity contribution in [2.24, 2.45) is 17.8 Å². The van der Waals surface area contributed by atoms with Gasteiger partial charge >= 0.3 is 6.18 Å². The molecule has 0 aromatic heterocycles. The lowest BCUT2D eigenvalue weighted by Crippen LogP contribution is -2.14. The molecular weight excluding hydrogens is 388 g/mol. The van der Waals surface area contributed by atoms with Gasteiger partial charge in [-0.3, -0.25) is 0 Å². The zero-order valence-corrected chi connectivity index (χ0v) is 17.8. The Hall–Kier alpha value is -1.76. The van der Waals surface area contributed by atoms with E-state index in [9.17, 15) is 17.6 Å². The fraction of sp³-hybridized carbons (Fsp3) is 0.615. The summed E-state index contributed by atoms with van der Waals surface area (Å²) in [5.41, 5.74) is -0.512. The predicted octanol–water partition coefficient (Wildman–Crippen LogP) is 8.28. The van der Waals surface area contributed by atoms with Crippen molar-refractivity contribution < 1.29 is 17.6 Å². The average Bonchev–Trinajstić information content (AvgIpc) is 2.72. The maximum Gasteiger partial charge on any atom is 0.419 e. The Labute approximate surface area is 178 Å². The Morgan fingerprint density at radius 1 is 1.00 bits per heavy atom. The maximum atomic E-state index is 13.8. The fourth-order valence-electron chi connectivity index (χ4n) is 5.01. The van der Waals surface area contributed by atoms with Crippen LogP contribution in [0.15, 0.2) is 30.4 Å². The first-order valence-electron chi connectivity index (χ1n) is 11.4. The largest absolute Gasteiger partial charge is 0.419 e. The van der Waals surface area contributed by atoms with E-state index in [1.54, 1.807) is 0 Å². The van der Waals surface area contributed by atoms with Crippen molar-refractivity contribution in [2.75, 3.05) is 0 Å². The van der Waals surface area contributed by atoms with Gasteiger partial charge in [0.05, 0.1) is 5.56 Å². The summed E-state index contributed by atoms with van der Waals surface area (Å²) in [6.07, 6.45) is 11.0. The minimum atomic E-state index is -4.64. The number of benzene rings is 1. The van der Waals surface area contributed by atoms with Crippen molar-refractivity contribution >= 4 is 0 Å². The first-order chi connectivity index (χ1) is 14.4. The highest BCUT2D eigenvalue weighted by Gasteiger charge is 2.34. The highest BCUT2D eigenvalue weighted by molar-refractivity contribution is 5.29. The SMILES string of the molecule is CCC[C@H]1CC[C@H](/C=C/C#C[C@H]2CC[C@H](c3ccc(C(F)(F)F)c(F)c3)CC2)CC1. The van der Waals surface area contributed by atoms with E-state index in [1.165, 1.54) is 44.6 Å². The predicted molar refractivity (Wildman–Crippen MR) is 113 cm³/mol. The van der Waals surface area contributed by atoms with Crippen LogP contribution in [0, 0.1) is 35.4 Å². The van der Waals surface area contributed by atoms with Crippen LogP contribution in [0.25, 0.3) is 0 Å². The van der Waals surface area contributed by atoms with Crippen molar-refractivity contribution in [1.82, 2.24) is 0 Å². The molecule has 0 bridgehead atoms. The number of hydrogen-bond donors (Lipinski definition) is 0. The molecule has 0 atom stereocenters. The molecule has 4 heteroatoms. The van der Waals surface area contributed by atoms with Gasteiger partial charge in [-0.25, -0.2) is 4.39 Å². The molecule has 1 aromatic carbocycles. The third-order valence-corrected chi connectivity index (χ3v) is 6.82. The second-order valence-electron chi connectivity index (χ2n) is 9.00. The summed E-state index contributed by atoms with van der Waals surface area (Å²) in [6.45, 7) is 2.26. The molecule has 164 valence electrons. The molecule has 2 aliphatic rings. The first-order valence-corrected chi connectivity index (χ1v) is 11.4. The smallest absolute Gasteiger partial charge is 0.206 e. The van der Waals surface area contributed by atoms with Crippen LogP contribution in [0.1, 0.15) is 88.2 Å². The van der Waals surface area contributed by atoms with Gasteiger partial charge < -0.3 is 0 Å². The number of rotatable bonds is 4. The van der Waals surface area contributed by atoms with Crippen molar-refractivity contribution in [3.05, 3.63) is 47.3 Å². The maximum absolute atomic E-state index is 13.8. The first kappa shape index (κ1) is 22.9. The van der Waals surface area contributed by atoms with Gasteiger partial charge in [-0.2, -0.15) is 13.2 Å². The Morgan fingerprint density at radius 3 is 2.30 bits per heavy atom. The molecule has 2 saturated carbocycles. The van der Waals surface area contributed by atoms with Crippen LogP contribution in [0.4, 0.5) is 17.6 Å². The summed E-state index contributed by atoms with van der Waals surface area (Å²) in [5, 5.41) is 0. The molecule has 3 rings (SSSR count). The average molecular weight is 421 g/mol. The molecule has 30 heavy (non-hydrogen) atoms. The molecule has 1 aromatic rings. The van der Waals surface area contributed by atoms with E-state index in [0.717, 1.165) is 43.7 Å². The van der Waals surface area contributed by atoms with Gasteiger partial charge in [0.1, 0.15) is 5.82 Å². The van der Waals surface area contributed by atoms with Crippen molar-refractivity contribution in [2.45, 2.75) is 83.2 Å². The van der Waals surface area contributed by atoms with Crippen molar-refractivity contribution in [1.29, 1.82) is 0 Å². The summed E-state index contributed by atoms with van der Waals surface area (Å²) in [6, 6.07) is 3.37. The molecule has 0 saturated heterocycles. The normalized spacial score (nSPS) is 27.6. The molecule has 2 aliphatic carbocycles. The van der Waals surface area contributed by atoms with E-state index in [4.69, 9.17) is 0 Å². The van der Waals surface area contributed by atoms with E-state index in [-0.39, 0.29) is 5.92 Å². The lowest BCUT2D eigenvalue weighted by Gasteiger charge is -2.26. The van der Waals surface area contributed by atoms with Crippen LogP contribution in [0.2, 0.25) is 0 Å². The molecule has 0 heterocycles. The van der Waals surface area contributed by atoms with Crippen LogP contribution in [0.3, 0.4) is 0 Å². The van der Waals surface area contributed by atoms with Gasteiger partial charge in [-0.15, -0.1) is 0 Å². The van der Waals surface area contributed by atoms with Crippen molar-refractivity contribution in [3.63, 3.8) is 0 Å². The summed E-state index contributed by atoms with van der Waals surface area (Å²) in [5.74, 6) is 7.41. The lowest BCUT2D eigenvalue weighted by molar-refractivity contribution is -0.140.